The summed E-state index contributed by atoms with van der Waals surface area (Å²) in [5.41, 5.74) is 1.48. The zero-order valence-electron chi connectivity index (χ0n) is 9.40. The van der Waals surface area contributed by atoms with Crippen molar-refractivity contribution in [3.05, 3.63) is 46.1 Å². The van der Waals surface area contributed by atoms with Crippen molar-refractivity contribution >= 4 is 18.2 Å². The minimum absolute atomic E-state index is 0.122. The molecule has 0 saturated carbocycles. The van der Waals surface area contributed by atoms with E-state index in [0.717, 1.165) is 11.8 Å². The molecule has 0 radical (unpaired) electrons. The molecule has 0 bridgehead atoms. The van der Waals surface area contributed by atoms with Gasteiger partial charge in [-0.25, -0.2) is 14.2 Å². The topological polar surface area (TPSA) is 66.0 Å². The number of hydrogen-bond donors (Lipinski definition) is 2. The summed E-state index contributed by atoms with van der Waals surface area (Å²) in [6, 6.07) is 5.23. The van der Waals surface area contributed by atoms with Crippen molar-refractivity contribution in [2.75, 3.05) is 0 Å². The second-order valence-electron chi connectivity index (χ2n) is 3.79. The van der Waals surface area contributed by atoms with E-state index in [9.17, 15) is 9.18 Å². The number of nitrogens with zero attached hydrogens (tertiary/aromatic N) is 1. The fourth-order valence-corrected chi connectivity index (χ4v) is 1.85. The van der Waals surface area contributed by atoms with Crippen molar-refractivity contribution in [2.45, 2.75) is 6.92 Å². The summed E-state index contributed by atoms with van der Waals surface area (Å²) in [6.07, 6.45) is 0. The minimum atomic E-state index is -1.19. The first kappa shape index (κ1) is 12.4. The van der Waals surface area contributed by atoms with E-state index < -0.39 is 11.8 Å². The molecule has 0 aliphatic heterocycles. The van der Waals surface area contributed by atoms with Crippen LogP contribution in [0.25, 0.3) is 11.3 Å². The molecule has 0 amide bonds. The number of hydrogen-bond acceptors (Lipinski definition) is 3. The van der Waals surface area contributed by atoms with Gasteiger partial charge in [0.25, 0.3) is 0 Å². The molecule has 0 atom stereocenters. The number of aromatic amines is 1. The van der Waals surface area contributed by atoms with Crippen molar-refractivity contribution < 1.29 is 14.3 Å². The van der Waals surface area contributed by atoms with Crippen molar-refractivity contribution in [1.29, 1.82) is 0 Å². The summed E-state index contributed by atoms with van der Waals surface area (Å²) in [5, 5.41) is 8.88. The number of carbonyl (C=O) groups is 1. The molecule has 1 aromatic carbocycles. The highest BCUT2D eigenvalue weighted by atomic mass is 32.1. The van der Waals surface area contributed by atoms with E-state index in [-0.39, 0.29) is 10.3 Å². The van der Waals surface area contributed by atoms with Gasteiger partial charge < -0.3 is 10.1 Å². The zero-order valence-corrected chi connectivity index (χ0v) is 10.2. The molecule has 4 nitrogen and oxygen atoms in total. The largest absolute Gasteiger partial charge is 0.478 e. The Bertz CT molecular complexity index is 682. The molecular formula is C12H9FN2O2S. The summed E-state index contributed by atoms with van der Waals surface area (Å²) in [4.78, 5) is 17.7. The first-order valence-electron chi connectivity index (χ1n) is 5.08. The number of aromatic nitrogens is 2. The number of H-pyrrole nitrogens is 1. The van der Waals surface area contributed by atoms with Gasteiger partial charge in [-0.2, -0.15) is 0 Å². The Morgan fingerprint density at radius 2 is 2.11 bits per heavy atom. The Labute approximate surface area is 107 Å². The van der Waals surface area contributed by atoms with Crippen LogP contribution in [0, 0.1) is 17.5 Å². The fraction of sp³-hybridized carbons (Fsp3) is 0.0833. The molecule has 6 heteroatoms. The van der Waals surface area contributed by atoms with Crippen LogP contribution in [0.5, 0.6) is 0 Å². The van der Waals surface area contributed by atoms with E-state index in [2.05, 4.69) is 9.97 Å². The lowest BCUT2D eigenvalue weighted by atomic mass is 10.1. The number of rotatable bonds is 2. The molecule has 1 heterocycles. The van der Waals surface area contributed by atoms with Crippen molar-refractivity contribution in [1.82, 2.24) is 9.97 Å². The molecule has 0 fully saturated rings. The molecule has 0 spiro atoms. The number of benzene rings is 1. The monoisotopic (exact) mass is 264 g/mol. The van der Waals surface area contributed by atoms with Gasteiger partial charge in [0.2, 0.25) is 0 Å². The highest BCUT2D eigenvalue weighted by Crippen LogP contribution is 2.20. The Hall–Kier alpha value is -2.08. The van der Waals surface area contributed by atoms with Gasteiger partial charge in [-0.05, 0) is 43.4 Å². The smallest absolute Gasteiger partial charge is 0.335 e. The Balaban J connectivity index is 2.63. The molecule has 18 heavy (non-hydrogen) atoms. The van der Waals surface area contributed by atoms with Gasteiger partial charge in [-0.3, -0.25) is 0 Å². The third-order valence-corrected chi connectivity index (χ3v) is 2.51. The van der Waals surface area contributed by atoms with Crippen LogP contribution in [-0.2, 0) is 0 Å². The van der Waals surface area contributed by atoms with E-state index >= 15 is 0 Å². The number of nitrogens with one attached hydrogen (secondary N) is 1. The summed E-state index contributed by atoms with van der Waals surface area (Å²) >= 11 is 4.93. The number of aryl methyl sites for hydroxylation is 1. The van der Waals surface area contributed by atoms with Gasteiger partial charge in [0.15, 0.2) is 4.77 Å². The predicted octanol–water partition coefficient (Wildman–Crippen LogP) is 2.95. The first-order valence-corrected chi connectivity index (χ1v) is 5.49. The average Bonchev–Trinajstić information content (AvgIpc) is 2.26. The van der Waals surface area contributed by atoms with E-state index in [1.54, 1.807) is 13.0 Å². The van der Waals surface area contributed by atoms with Gasteiger partial charge in [0.05, 0.1) is 11.3 Å². The molecule has 1 aromatic heterocycles. The lowest BCUT2D eigenvalue weighted by molar-refractivity contribution is 0.0696. The fourth-order valence-electron chi connectivity index (χ4n) is 1.59. The van der Waals surface area contributed by atoms with Crippen LogP contribution in [-0.4, -0.2) is 21.0 Å². The quantitative estimate of drug-likeness (QED) is 0.818. The second kappa shape index (κ2) is 4.66. The molecule has 0 aliphatic rings. The number of halogens is 1. The maximum atomic E-state index is 13.3. The molecular weight excluding hydrogens is 255 g/mol. The molecule has 0 saturated heterocycles. The minimum Gasteiger partial charge on any atom is -0.478 e. The van der Waals surface area contributed by atoms with Gasteiger partial charge in [-0.15, -0.1) is 0 Å². The lowest BCUT2D eigenvalue weighted by Gasteiger charge is -2.04. The first-order chi connectivity index (χ1) is 8.45. The van der Waals surface area contributed by atoms with Gasteiger partial charge in [-0.1, -0.05) is 0 Å². The van der Waals surface area contributed by atoms with Gasteiger partial charge in [0, 0.05) is 11.3 Å². The standard InChI is InChI=1S/C12H9FN2O2S/c1-6-2-10(15-12(18)14-6)7-3-8(11(16)17)5-9(13)4-7/h2-5H,1H3,(H,16,17)(H,14,15,18). The zero-order chi connectivity index (χ0) is 13.3. The SMILES string of the molecule is Cc1cc(-c2cc(F)cc(C(=O)O)c2)nc(=S)[nH]1. The Morgan fingerprint density at radius 3 is 2.72 bits per heavy atom. The molecule has 0 aliphatic carbocycles. The number of carboxylic acids is 1. The molecule has 92 valence electrons. The summed E-state index contributed by atoms with van der Waals surface area (Å²) in [6.45, 7) is 1.79. The maximum Gasteiger partial charge on any atom is 0.335 e. The average molecular weight is 264 g/mol. The third kappa shape index (κ3) is 2.60. The number of aromatic carboxylic acids is 1. The van der Waals surface area contributed by atoms with Crippen LogP contribution in [0.15, 0.2) is 24.3 Å². The van der Waals surface area contributed by atoms with Crippen LogP contribution in [0.3, 0.4) is 0 Å². The lowest BCUT2D eigenvalue weighted by Crippen LogP contribution is -1.99. The highest BCUT2D eigenvalue weighted by molar-refractivity contribution is 7.71. The van der Waals surface area contributed by atoms with E-state index in [1.165, 1.54) is 12.1 Å². The molecule has 2 rings (SSSR count). The highest BCUT2D eigenvalue weighted by Gasteiger charge is 2.09. The molecule has 2 aromatic rings. The molecule has 2 N–H and O–H groups in total. The van der Waals surface area contributed by atoms with Crippen molar-refractivity contribution in [3.8, 4) is 11.3 Å². The van der Waals surface area contributed by atoms with Crippen molar-refractivity contribution in [2.24, 2.45) is 0 Å². The van der Waals surface area contributed by atoms with Crippen LogP contribution in [0.1, 0.15) is 16.1 Å². The van der Waals surface area contributed by atoms with Crippen molar-refractivity contribution in [3.63, 3.8) is 0 Å². The Morgan fingerprint density at radius 1 is 1.39 bits per heavy atom. The van der Waals surface area contributed by atoms with E-state index in [4.69, 9.17) is 17.3 Å². The molecule has 0 unspecified atom stereocenters. The predicted molar refractivity (Wildman–Crippen MR) is 66.5 cm³/mol. The van der Waals surface area contributed by atoms with Crippen LogP contribution >= 0.6 is 12.2 Å². The summed E-state index contributed by atoms with van der Waals surface area (Å²) < 4.78 is 13.6. The summed E-state index contributed by atoms with van der Waals surface area (Å²) in [7, 11) is 0. The Kier molecular flexibility index (Phi) is 3.20. The maximum absolute atomic E-state index is 13.3. The third-order valence-electron chi connectivity index (χ3n) is 2.32. The normalized spacial score (nSPS) is 10.3. The van der Waals surface area contributed by atoms with Crippen LogP contribution in [0.2, 0.25) is 0 Å². The van der Waals surface area contributed by atoms with Gasteiger partial charge >= 0.3 is 5.97 Å². The van der Waals surface area contributed by atoms with E-state index in [1.807, 2.05) is 0 Å². The van der Waals surface area contributed by atoms with E-state index in [0.29, 0.717) is 11.3 Å². The van der Waals surface area contributed by atoms with Crippen LogP contribution < -0.4 is 0 Å². The van der Waals surface area contributed by atoms with Crippen LogP contribution in [0.4, 0.5) is 4.39 Å². The van der Waals surface area contributed by atoms with Gasteiger partial charge in [0.1, 0.15) is 5.82 Å². The second-order valence-corrected chi connectivity index (χ2v) is 4.17. The number of carboxylic acid groups (broad SMARTS) is 1. The summed E-state index contributed by atoms with van der Waals surface area (Å²) in [5.74, 6) is -1.81.